The lowest BCUT2D eigenvalue weighted by atomic mass is 10.1. The van der Waals surface area contributed by atoms with Crippen LogP contribution in [0.25, 0.3) is 10.9 Å². The molecule has 1 heterocycles. The Balaban J connectivity index is 2.59. The van der Waals surface area contributed by atoms with Gasteiger partial charge in [0.05, 0.1) is 23.6 Å². The van der Waals surface area contributed by atoms with Crippen LogP contribution in [0.2, 0.25) is 0 Å². The molecule has 0 atom stereocenters. The van der Waals surface area contributed by atoms with E-state index in [1.807, 2.05) is 45.9 Å². The van der Waals surface area contributed by atoms with Crippen molar-refractivity contribution in [2.24, 2.45) is 0 Å². The Labute approximate surface area is 113 Å². The van der Waals surface area contributed by atoms with Crippen LogP contribution in [0.1, 0.15) is 36.8 Å². The number of fused-ring (bicyclic) bond motifs is 1. The number of H-pyrrole nitrogens is 1. The maximum absolute atomic E-state index is 12.4. The molecule has 0 aliphatic heterocycles. The molecule has 0 unspecified atom stereocenters. The van der Waals surface area contributed by atoms with E-state index in [0.717, 1.165) is 16.6 Å². The number of aromatic amines is 1. The maximum Gasteiger partial charge on any atom is 0.254 e. The SMILES string of the molecule is COc1cccc2[nH]c(C)c(C(=O)NC(C)(C)C)c12. The van der Waals surface area contributed by atoms with Gasteiger partial charge < -0.3 is 15.0 Å². The highest BCUT2D eigenvalue weighted by atomic mass is 16.5. The Morgan fingerprint density at radius 3 is 2.58 bits per heavy atom. The number of methoxy groups -OCH3 is 1. The molecule has 1 amide bonds. The number of rotatable bonds is 2. The van der Waals surface area contributed by atoms with E-state index >= 15 is 0 Å². The molecule has 2 N–H and O–H groups in total. The van der Waals surface area contributed by atoms with Crippen molar-refractivity contribution < 1.29 is 9.53 Å². The Morgan fingerprint density at radius 1 is 1.32 bits per heavy atom. The minimum Gasteiger partial charge on any atom is -0.496 e. The Kier molecular flexibility index (Phi) is 3.27. The second-order valence-corrected chi connectivity index (χ2v) is 5.71. The van der Waals surface area contributed by atoms with Crippen LogP contribution in [0.5, 0.6) is 5.75 Å². The van der Waals surface area contributed by atoms with Gasteiger partial charge in [-0.3, -0.25) is 4.79 Å². The van der Waals surface area contributed by atoms with Crippen LogP contribution >= 0.6 is 0 Å². The van der Waals surface area contributed by atoms with E-state index in [2.05, 4.69) is 10.3 Å². The van der Waals surface area contributed by atoms with Gasteiger partial charge in [0.25, 0.3) is 5.91 Å². The van der Waals surface area contributed by atoms with Gasteiger partial charge in [-0.25, -0.2) is 0 Å². The molecule has 19 heavy (non-hydrogen) atoms. The number of ether oxygens (including phenoxy) is 1. The number of hydrogen-bond donors (Lipinski definition) is 2. The molecule has 0 radical (unpaired) electrons. The van der Waals surface area contributed by atoms with Crippen molar-refractivity contribution in [3.8, 4) is 5.75 Å². The molecule has 0 aliphatic carbocycles. The van der Waals surface area contributed by atoms with Gasteiger partial charge in [-0.05, 0) is 39.8 Å². The first-order chi connectivity index (χ1) is 8.83. The molecule has 1 aromatic carbocycles. The van der Waals surface area contributed by atoms with Crippen molar-refractivity contribution in [3.05, 3.63) is 29.5 Å². The molecule has 0 bridgehead atoms. The maximum atomic E-state index is 12.4. The number of amides is 1. The van der Waals surface area contributed by atoms with Crippen molar-refractivity contribution >= 4 is 16.8 Å². The third kappa shape index (κ3) is 2.57. The average Bonchev–Trinajstić information content (AvgIpc) is 2.62. The molecule has 0 spiro atoms. The first-order valence-electron chi connectivity index (χ1n) is 6.31. The summed E-state index contributed by atoms with van der Waals surface area (Å²) in [5.41, 5.74) is 2.15. The second-order valence-electron chi connectivity index (χ2n) is 5.71. The van der Waals surface area contributed by atoms with Crippen molar-refractivity contribution in [1.29, 1.82) is 0 Å². The topological polar surface area (TPSA) is 54.1 Å². The third-order valence-electron chi connectivity index (χ3n) is 2.91. The smallest absolute Gasteiger partial charge is 0.254 e. The van der Waals surface area contributed by atoms with Crippen LogP contribution in [0.15, 0.2) is 18.2 Å². The van der Waals surface area contributed by atoms with Gasteiger partial charge in [-0.1, -0.05) is 6.07 Å². The zero-order valence-corrected chi connectivity index (χ0v) is 12.0. The first kappa shape index (κ1) is 13.5. The number of aromatic nitrogens is 1. The normalized spacial score (nSPS) is 11.6. The zero-order valence-electron chi connectivity index (χ0n) is 12.0. The molecule has 2 rings (SSSR count). The Bertz CT molecular complexity index is 621. The summed E-state index contributed by atoms with van der Waals surface area (Å²) in [5.74, 6) is 0.627. The second kappa shape index (κ2) is 4.61. The van der Waals surface area contributed by atoms with E-state index < -0.39 is 0 Å². The molecule has 0 fully saturated rings. The summed E-state index contributed by atoms with van der Waals surface area (Å²) in [4.78, 5) is 15.7. The lowest BCUT2D eigenvalue weighted by molar-refractivity contribution is 0.0920. The van der Waals surface area contributed by atoms with Gasteiger partial charge >= 0.3 is 0 Å². The molecule has 0 saturated carbocycles. The number of hydrogen-bond acceptors (Lipinski definition) is 2. The molecule has 4 heteroatoms. The van der Waals surface area contributed by atoms with E-state index in [-0.39, 0.29) is 11.4 Å². The molecule has 0 saturated heterocycles. The molecular formula is C15H20N2O2. The summed E-state index contributed by atoms with van der Waals surface area (Å²) < 4.78 is 5.36. The molecule has 0 aliphatic rings. The van der Waals surface area contributed by atoms with Crippen molar-refractivity contribution in [2.75, 3.05) is 7.11 Å². The summed E-state index contributed by atoms with van der Waals surface area (Å²) >= 11 is 0. The third-order valence-corrected chi connectivity index (χ3v) is 2.91. The van der Waals surface area contributed by atoms with Crippen LogP contribution in [0, 0.1) is 6.92 Å². The van der Waals surface area contributed by atoms with E-state index in [0.29, 0.717) is 11.3 Å². The molecule has 1 aromatic heterocycles. The highest BCUT2D eigenvalue weighted by Crippen LogP contribution is 2.31. The predicted octanol–water partition coefficient (Wildman–Crippen LogP) is 3.01. The van der Waals surface area contributed by atoms with Gasteiger partial charge in [0.1, 0.15) is 5.75 Å². The quantitative estimate of drug-likeness (QED) is 0.872. The summed E-state index contributed by atoms with van der Waals surface area (Å²) in [6.45, 7) is 7.79. The fourth-order valence-corrected chi connectivity index (χ4v) is 2.20. The highest BCUT2D eigenvalue weighted by Gasteiger charge is 2.22. The summed E-state index contributed by atoms with van der Waals surface area (Å²) in [6.07, 6.45) is 0. The summed E-state index contributed by atoms with van der Waals surface area (Å²) in [5, 5.41) is 3.83. The molecule has 2 aromatic rings. The van der Waals surface area contributed by atoms with E-state index in [1.54, 1.807) is 7.11 Å². The predicted molar refractivity (Wildman–Crippen MR) is 76.8 cm³/mol. The number of aryl methyl sites for hydroxylation is 1. The van der Waals surface area contributed by atoms with Crippen molar-refractivity contribution in [3.63, 3.8) is 0 Å². The van der Waals surface area contributed by atoms with Crippen LogP contribution in [-0.4, -0.2) is 23.5 Å². The minimum absolute atomic E-state index is 0.0826. The lowest BCUT2D eigenvalue weighted by Crippen LogP contribution is -2.40. The summed E-state index contributed by atoms with van der Waals surface area (Å²) in [7, 11) is 1.61. The standard InChI is InChI=1S/C15H20N2O2/c1-9-12(14(18)17-15(2,3)4)13-10(16-9)7-6-8-11(13)19-5/h6-8,16H,1-5H3,(H,17,18). The van der Waals surface area contributed by atoms with Gasteiger partial charge in [-0.2, -0.15) is 0 Å². The lowest BCUT2D eigenvalue weighted by Gasteiger charge is -2.20. The van der Waals surface area contributed by atoms with E-state index in [9.17, 15) is 4.79 Å². The highest BCUT2D eigenvalue weighted by molar-refractivity contribution is 6.10. The monoisotopic (exact) mass is 260 g/mol. The van der Waals surface area contributed by atoms with E-state index in [1.165, 1.54) is 0 Å². The number of benzene rings is 1. The fraction of sp³-hybridized carbons (Fsp3) is 0.400. The number of carbonyl (C=O) groups excluding carboxylic acids is 1. The van der Waals surface area contributed by atoms with Crippen LogP contribution in [-0.2, 0) is 0 Å². The van der Waals surface area contributed by atoms with Gasteiger partial charge in [0, 0.05) is 11.2 Å². The van der Waals surface area contributed by atoms with Gasteiger partial charge in [-0.15, -0.1) is 0 Å². The van der Waals surface area contributed by atoms with Crippen LogP contribution in [0.4, 0.5) is 0 Å². The largest absolute Gasteiger partial charge is 0.496 e. The average molecular weight is 260 g/mol. The van der Waals surface area contributed by atoms with E-state index in [4.69, 9.17) is 4.74 Å². The first-order valence-corrected chi connectivity index (χ1v) is 6.31. The van der Waals surface area contributed by atoms with Crippen LogP contribution < -0.4 is 10.1 Å². The molecule has 4 nitrogen and oxygen atoms in total. The molecular weight excluding hydrogens is 240 g/mol. The van der Waals surface area contributed by atoms with Crippen LogP contribution in [0.3, 0.4) is 0 Å². The van der Waals surface area contributed by atoms with Gasteiger partial charge in [0.2, 0.25) is 0 Å². The Hall–Kier alpha value is -1.97. The zero-order chi connectivity index (χ0) is 14.2. The summed E-state index contributed by atoms with van der Waals surface area (Å²) in [6, 6.07) is 5.71. The Morgan fingerprint density at radius 2 is 2.00 bits per heavy atom. The van der Waals surface area contributed by atoms with Crippen molar-refractivity contribution in [1.82, 2.24) is 10.3 Å². The fourth-order valence-electron chi connectivity index (χ4n) is 2.20. The van der Waals surface area contributed by atoms with Gasteiger partial charge in [0.15, 0.2) is 0 Å². The minimum atomic E-state index is -0.269. The molecule has 102 valence electrons. The van der Waals surface area contributed by atoms with Crippen molar-refractivity contribution in [2.45, 2.75) is 33.2 Å². The number of nitrogens with one attached hydrogen (secondary N) is 2. The number of carbonyl (C=O) groups is 1.